The predicted molar refractivity (Wildman–Crippen MR) is 84.0 cm³/mol. The third-order valence-corrected chi connectivity index (χ3v) is 4.09. The van der Waals surface area contributed by atoms with Gasteiger partial charge in [0.2, 0.25) is 0 Å². The number of rotatable bonds is 6. The summed E-state index contributed by atoms with van der Waals surface area (Å²) in [5, 5.41) is 17.2. The van der Waals surface area contributed by atoms with Gasteiger partial charge in [-0.2, -0.15) is 8.78 Å². The van der Waals surface area contributed by atoms with Gasteiger partial charge in [-0.05, 0) is 30.5 Å². The SMILES string of the molecule is C[C@@](O)(CNC(=O)Nc1cccc(OC(F)F)c1)c1cccs1. The summed E-state index contributed by atoms with van der Waals surface area (Å²) in [6.07, 6.45) is 0. The lowest BCUT2D eigenvalue weighted by atomic mass is 10.1. The molecule has 1 aromatic carbocycles. The Morgan fingerprint density at radius 3 is 2.83 bits per heavy atom. The second-order valence-electron chi connectivity index (χ2n) is 4.97. The van der Waals surface area contributed by atoms with Crippen molar-refractivity contribution in [3.05, 3.63) is 46.7 Å². The van der Waals surface area contributed by atoms with Crippen molar-refractivity contribution in [1.29, 1.82) is 0 Å². The zero-order chi connectivity index (χ0) is 16.9. The van der Waals surface area contributed by atoms with Crippen LogP contribution in [0.2, 0.25) is 0 Å². The molecule has 1 atom stereocenters. The standard InChI is InChI=1S/C15H16F2N2O3S/c1-15(21,12-6-3-7-23-12)9-18-14(20)19-10-4-2-5-11(8-10)22-13(16)17/h2-8,13,21H,9H2,1H3,(H2,18,19,20)/t15-/m1/s1. The van der Waals surface area contributed by atoms with Crippen LogP contribution in [0.3, 0.4) is 0 Å². The Hall–Kier alpha value is -2.19. The molecule has 2 aromatic rings. The maximum atomic E-state index is 12.2. The van der Waals surface area contributed by atoms with Crippen LogP contribution in [0.25, 0.3) is 0 Å². The molecule has 0 bridgehead atoms. The molecule has 2 amide bonds. The fourth-order valence-corrected chi connectivity index (χ4v) is 2.64. The first-order chi connectivity index (χ1) is 10.9. The molecule has 23 heavy (non-hydrogen) atoms. The molecule has 1 aromatic heterocycles. The number of ether oxygens (including phenoxy) is 1. The van der Waals surface area contributed by atoms with E-state index in [0.717, 1.165) is 4.88 Å². The number of carbonyl (C=O) groups is 1. The van der Waals surface area contributed by atoms with Crippen molar-refractivity contribution >= 4 is 23.1 Å². The quantitative estimate of drug-likeness (QED) is 0.754. The summed E-state index contributed by atoms with van der Waals surface area (Å²) in [7, 11) is 0. The summed E-state index contributed by atoms with van der Waals surface area (Å²) in [6.45, 7) is -1.33. The summed E-state index contributed by atoms with van der Waals surface area (Å²) < 4.78 is 28.6. The largest absolute Gasteiger partial charge is 0.435 e. The van der Waals surface area contributed by atoms with Crippen LogP contribution in [0.5, 0.6) is 5.75 Å². The molecular formula is C15H16F2N2O3S. The second-order valence-corrected chi connectivity index (χ2v) is 5.91. The minimum Gasteiger partial charge on any atom is -0.435 e. The van der Waals surface area contributed by atoms with Crippen LogP contribution >= 0.6 is 11.3 Å². The highest BCUT2D eigenvalue weighted by molar-refractivity contribution is 7.10. The monoisotopic (exact) mass is 342 g/mol. The Kier molecular flexibility index (Phi) is 5.51. The van der Waals surface area contributed by atoms with Crippen LogP contribution in [0, 0.1) is 0 Å². The normalized spacial score (nSPS) is 13.4. The molecular weight excluding hydrogens is 326 g/mol. The van der Waals surface area contributed by atoms with Gasteiger partial charge in [0, 0.05) is 16.6 Å². The molecule has 0 aliphatic heterocycles. The highest BCUT2D eigenvalue weighted by atomic mass is 32.1. The van der Waals surface area contributed by atoms with Crippen molar-refractivity contribution in [3.8, 4) is 5.75 Å². The molecule has 0 aliphatic rings. The smallest absolute Gasteiger partial charge is 0.387 e. The molecule has 0 radical (unpaired) electrons. The lowest BCUT2D eigenvalue weighted by Crippen LogP contribution is -2.40. The van der Waals surface area contributed by atoms with Crippen molar-refractivity contribution in [2.45, 2.75) is 19.1 Å². The van der Waals surface area contributed by atoms with Crippen LogP contribution in [-0.2, 0) is 5.60 Å². The summed E-state index contributed by atoms with van der Waals surface area (Å²) in [5.41, 5.74) is -0.886. The van der Waals surface area contributed by atoms with E-state index in [9.17, 15) is 18.7 Å². The first-order valence-corrected chi connectivity index (χ1v) is 7.61. The molecule has 8 heteroatoms. The lowest BCUT2D eigenvalue weighted by Gasteiger charge is -2.22. The molecule has 2 rings (SSSR count). The van der Waals surface area contributed by atoms with Crippen molar-refractivity contribution in [2.75, 3.05) is 11.9 Å². The van der Waals surface area contributed by atoms with Gasteiger partial charge in [-0.3, -0.25) is 0 Å². The maximum Gasteiger partial charge on any atom is 0.387 e. The molecule has 0 fully saturated rings. The minimum absolute atomic E-state index is 0.00652. The van der Waals surface area contributed by atoms with Gasteiger partial charge in [0.15, 0.2) is 0 Å². The zero-order valence-corrected chi connectivity index (χ0v) is 13.1. The van der Waals surface area contributed by atoms with E-state index < -0.39 is 18.2 Å². The predicted octanol–water partition coefficient (Wildman–Crippen LogP) is 3.38. The van der Waals surface area contributed by atoms with Crippen LogP contribution in [0.4, 0.5) is 19.3 Å². The maximum absolute atomic E-state index is 12.2. The number of halogens is 2. The van der Waals surface area contributed by atoms with Crippen molar-refractivity contribution in [1.82, 2.24) is 5.32 Å². The van der Waals surface area contributed by atoms with E-state index in [1.807, 2.05) is 11.4 Å². The molecule has 0 unspecified atom stereocenters. The number of carbonyl (C=O) groups excluding carboxylic acids is 1. The van der Waals surface area contributed by atoms with Crippen LogP contribution < -0.4 is 15.4 Å². The molecule has 1 heterocycles. The van der Waals surface area contributed by atoms with E-state index in [1.54, 1.807) is 13.0 Å². The van der Waals surface area contributed by atoms with Gasteiger partial charge in [-0.25, -0.2) is 4.79 Å². The molecule has 0 saturated carbocycles. The average Bonchev–Trinajstić information content (AvgIpc) is 3.00. The molecule has 0 aliphatic carbocycles. The van der Waals surface area contributed by atoms with E-state index in [4.69, 9.17) is 0 Å². The first kappa shape index (κ1) is 17.2. The number of anilines is 1. The third kappa shape index (κ3) is 5.19. The number of thiophene rings is 1. The van der Waals surface area contributed by atoms with Gasteiger partial charge in [0.1, 0.15) is 11.4 Å². The number of aliphatic hydroxyl groups is 1. The lowest BCUT2D eigenvalue weighted by molar-refractivity contribution is -0.0498. The Morgan fingerprint density at radius 1 is 1.39 bits per heavy atom. The summed E-state index contributed by atoms with van der Waals surface area (Å²) in [4.78, 5) is 12.6. The highest BCUT2D eigenvalue weighted by Crippen LogP contribution is 2.24. The number of hydrogen-bond donors (Lipinski definition) is 3. The number of urea groups is 1. The summed E-state index contributed by atoms with van der Waals surface area (Å²) in [5.74, 6) is -0.0524. The summed E-state index contributed by atoms with van der Waals surface area (Å²) >= 11 is 1.38. The molecule has 5 nitrogen and oxygen atoms in total. The molecule has 0 saturated heterocycles. The van der Waals surface area contributed by atoms with E-state index in [-0.39, 0.29) is 12.3 Å². The van der Waals surface area contributed by atoms with Crippen LogP contribution in [0.15, 0.2) is 41.8 Å². The Labute approximate surface area is 135 Å². The topological polar surface area (TPSA) is 70.6 Å². The van der Waals surface area contributed by atoms with Gasteiger partial charge in [0.25, 0.3) is 0 Å². The van der Waals surface area contributed by atoms with Gasteiger partial charge >= 0.3 is 12.6 Å². The average molecular weight is 342 g/mol. The number of alkyl halides is 2. The van der Waals surface area contributed by atoms with E-state index in [2.05, 4.69) is 15.4 Å². The number of hydrogen-bond acceptors (Lipinski definition) is 4. The van der Waals surface area contributed by atoms with Crippen LogP contribution in [-0.4, -0.2) is 24.3 Å². The third-order valence-electron chi connectivity index (χ3n) is 2.96. The summed E-state index contributed by atoms with van der Waals surface area (Å²) in [6, 6.07) is 8.68. The number of amides is 2. The second kappa shape index (κ2) is 7.38. The highest BCUT2D eigenvalue weighted by Gasteiger charge is 2.24. The fraction of sp³-hybridized carbons (Fsp3) is 0.267. The van der Waals surface area contributed by atoms with E-state index in [0.29, 0.717) is 5.69 Å². The van der Waals surface area contributed by atoms with Crippen molar-refractivity contribution < 1.29 is 23.4 Å². The molecule has 0 spiro atoms. The van der Waals surface area contributed by atoms with E-state index >= 15 is 0 Å². The van der Waals surface area contributed by atoms with Gasteiger partial charge in [-0.15, -0.1) is 11.3 Å². The van der Waals surface area contributed by atoms with Gasteiger partial charge < -0.3 is 20.5 Å². The number of nitrogens with one attached hydrogen (secondary N) is 2. The number of benzene rings is 1. The van der Waals surface area contributed by atoms with Crippen molar-refractivity contribution in [2.24, 2.45) is 0 Å². The minimum atomic E-state index is -2.93. The Balaban J connectivity index is 1.90. The van der Waals surface area contributed by atoms with E-state index in [1.165, 1.54) is 35.6 Å². The Morgan fingerprint density at radius 2 is 2.17 bits per heavy atom. The van der Waals surface area contributed by atoms with Crippen molar-refractivity contribution in [3.63, 3.8) is 0 Å². The van der Waals surface area contributed by atoms with Crippen LogP contribution in [0.1, 0.15) is 11.8 Å². The fourth-order valence-electron chi connectivity index (χ4n) is 1.85. The van der Waals surface area contributed by atoms with Gasteiger partial charge in [0.05, 0.1) is 6.54 Å². The first-order valence-electron chi connectivity index (χ1n) is 6.73. The van der Waals surface area contributed by atoms with Gasteiger partial charge in [-0.1, -0.05) is 12.1 Å². The molecule has 3 N–H and O–H groups in total. The molecule has 124 valence electrons. The zero-order valence-electron chi connectivity index (χ0n) is 12.3. The Bertz CT molecular complexity index is 648.